The lowest BCUT2D eigenvalue weighted by Gasteiger charge is -2.11. The summed E-state index contributed by atoms with van der Waals surface area (Å²) in [6.45, 7) is 4.18. The molecule has 4 heteroatoms. The van der Waals surface area contributed by atoms with Crippen molar-refractivity contribution >= 4 is 15.9 Å². The molecule has 0 radical (unpaired) electrons. The van der Waals surface area contributed by atoms with Crippen LogP contribution in [0.4, 0.5) is 0 Å². The normalized spacial score (nSPS) is 12.5. The molecule has 1 atom stereocenters. The predicted molar refractivity (Wildman–Crippen MR) is 64.6 cm³/mol. The van der Waals surface area contributed by atoms with E-state index in [9.17, 15) is 0 Å². The molecule has 0 spiro atoms. The van der Waals surface area contributed by atoms with E-state index < -0.39 is 0 Å². The van der Waals surface area contributed by atoms with Gasteiger partial charge < -0.3 is 4.74 Å². The third-order valence-corrected chi connectivity index (χ3v) is 3.13. The van der Waals surface area contributed by atoms with Gasteiger partial charge in [0.2, 0.25) is 5.88 Å². The molecular formula is C11H17BrN2O. The van der Waals surface area contributed by atoms with Crippen LogP contribution in [0.25, 0.3) is 0 Å². The van der Waals surface area contributed by atoms with Crippen LogP contribution in [0.3, 0.4) is 0 Å². The summed E-state index contributed by atoms with van der Waals surface area (Å²) >= 11 is 3.65. The lowest BCUT2D eigenvalue weighted by molar-refractivity contribution is 0.392. The van der Waals surface area contributed by atoms with Gasteiger partial charge >= 0.3 is 0 Å². The lowest BCUT2D eigenvalue weighted by Crippen LogP contribution is -2.07. The standard InChI is InChI=1S/C11H17BrN2O/c1-4-5-9(12)6-10-8(2)11(15-3)14-7-13-10/h7,9H,4-6H2,1-3H3. The van der Waals surface area contributed by atoms with E-state index in [1.807, 2.05) is 6.92 Å². The van der Waals surface area contributed by atoms with E-state index in [1.165, 1.54) is 6.42 Å². The molecule has 1 unspecified atom stereocenters. The summed E-state index contributed by atoms with van der Waals surface area (Å²) in [7, 11) is 1.64. The average Bonchev–Trinajstić information content (AvgIpc) is 2.21. The first-order valence-corrected chi connectivity index (χ1v) is 6.09. The van der Waals surface area contributed by atoms with Crippen LogP contribution in [-0.2, 0) is 6.42 Å². The fourth-order valence-corrected chi connectivity index (χ4v) is 2.27. The molecule has 1 heterocycles. The molecule has 0 aromatic carbocycles. The van der Waals surface area contributed by atoms with Gasteiger partial charge in [-0.05, 0) is 13.3 Å². The van der Waals surface area contributed by atoms with Gasteiger partial charge in [0.05, 0.1) is 12.8 Å². The van der Waals surface area contributed by atoms with E-state index in [-0.39, 0.29) is 0 Å². The summed E-state index contributed by atoms with van der Waals surface area (Å²) < 4.78 is 5.16. The monoisotopic (exact) mass is 272 g/mol. The first kappa shape index (κ1) is 12.4. The number of aromatic nitrogens is 2. The van der Waals surface area contributed by atoms with Crippen LogP contribution in [0.5, 0.6) is 5.88 Å². The quantitative estimate of drug-likeness (QED) is 0.774. The molecule has 0 aliphatic heterocycles. The molecule has 1 aromatic rings. The zero-order chi connectivity index (χ0) is 11.3. The van der Waals surface area contributed by atoms with Gasteiger partial charge in [-0.25, -0.2) is 9.97 Å². The van der Waals surface area contributed by atoms with Crippen LogP contribution >= 0.6 is 15.9 Å². The van der Waals surface area contributed by atoms with Crippen LogP contribution in [0.1, 0.15) is 31.0 Å². The fourth-order valence-electron chi connectivity index (χ4n) is 1.50. The first-order chi connectivity index (χ1) is 7.19. The second-order valence-corrected chi connectivity index (χ2v) is 4.84. The van der Waals surface area contributed by atoms with E-state index >= 15 is 0 Å². The van der Waals surface area contributed by atoms with Crippen molar-refractivity contribution in [1.82, 2.24) is 9.97 Å². The molecule has 0 bridgehead atoms. The molecule has 0 amide bonds. The average molecular weight is 273 g/mol. The second-order valence-electron chi connectivity index (χ2n) is 3.54. The molecule has 0 aliphatic rings. The van der Waals surface area contributed by atoms with E-state index in [0.717, 1.165) is 24.1 Å². The molecule has 1 rings (SSSR count). The van der Waals surface area contributed by atoms with Gasteiger partial charge in [0.1, 0.15) is 6.33 Å². The number of rotatable bonds is 5. The number of nitrogens with zero attached hydrogens (tertiary/aromatic N) is 2. The van der Waals surface area contributed by atoms with E-state index in [4.69, 9.17) is 4.74 Å². The molecule has 1 aromatic heterocycles. The molecule has 15 heavy (non-hydrogen) atoms. The Bertz CT molecular complexity index is 317. The van der Waals surface area contributed by atoms with Crippen molar-refractivity contribution < 1.29 is 4.74 Å². The number of alkyl halides is 1. The Morgan fingerprint density at radius 2 is 2.20 bits per heavy atom. The van der Waals surface area contributed by atoms with Crippen molar-refractivity contribution in [2.75, 3.05) is 7.11 Å². The van der Waals surface area contributed by atoms with Crippen molar-refractivity contribution in [1.29, 1.82) is 0 Å². The van der Waals surface area contributed by atoms with Crippen molar-refractivity contribution in [2.24, 2.45) is 0 Å². The molecule has 3 nitrogen and oxygen atoms in total. The Labute approximate surface area is 99.4 Å². The Morgan fingerprint density at radius 3 is 2.80 bits per heavy atom. The lowest BCUT2D eigenvalue weighted by atomic mass is 10.1. The molecular weight excluding hydrogens is 256 g/mol. The Morgan fingerprint density at radius 1 is 1.47 bits per heavy atom. The largest absolute Gasteiger partial charge is 0.481 e. The van der Waals surface area contributed by atoms with Crippen molar-refractivity contribution in [2.45, 2.75) is 37.9 Å². The Balaban J connectivity index is 2.76. The van der Waals surface area contributed by atoms with Gasteiger partial charge in [-0.15, -0.1) is 0 Å². The van der Waals surface area contributed by atoms with Crippen LogP contribution in [0.15, 0.2) is 6.33 Å². The highest BCUT2D eigenvalue weighted by Crippen LogP contribution is 2.20. The second kappa shape index (κ2) is 6.05. The number of ether oxygens (including phenoxy) is 1. The minimum absolute atomic E-state index is 0.487. The van der Waals surface area contributed by atoms with Crippen LogP contribution in [0.2, 0.25) is 0 Å². The predicted octanol–water partition coefficient (Wildman–Crippen LogP) is 2.90. The molecule has 84 valence electrons. The summed E-state index contributed by atoms with van der Waals surface area (Å²) in [4.78, 5) is 8.84. The van der Waals surface area contributed by atoms with Crippen molar-refractivity contribution in [3.8, 4) is 5.88 Å². The maximum absolute atomic E-state index is 5.16. The topological polar surface area (TPSA) is 35.0 Å². The SMILES string of the molecule is CCCC(Br)Cc1ncnc(OC)c1C. The van der Waals surface area contributed by atoms with Gasteiger partial charge in [0.25, 0.3) is 0 Å². The molecule has 0 saturated carbocycles. The van der Waals surface area contributed by atoms with Crippen LogP contribution < -0.4 is 4.74 Å². The minimum atomic E-state index is 0.487. The molecule has 0 aliphatic carbocycles. The highest BCUT2D eigenvalue weighted by Gasteiger charge is 2.11. The molecule has 0 fully saturated rings. The third kappa shape index (κ3) is 3.45. The maximum Gasteiger partial charge on any atom is 0.219 e. The fraction of sp³-hybridized carbons (Fsp3) is 0.636. The smallest absolute Gasteiger partial charge is 0.219 e. The van der Waals surface area contributed by atoms with Crippen LogP contribution in [-0.4, -0.2) is 21.9 Å². The van der Waals surface area contributed by atoms with Gasteiger partial charge in [-0.2, -0.15) is 0 Å². The third-order valence-electron chi connectivity index (χ3n) is 2.35. The van der Waals surface area contributed by atoms with E-state index in [0.29, 0.717) is 10.7 Å². The van der Waals surface area contributed by atoms with Gasteiger partial charge in [-0.1, -0.05) is 29.3 Å². The zero-order valence-electron chi connectivity index (χ0n) is 9.46. The van der Waals surface area contributed by atoms with Gasteiger partial charge in [-0.3, -0.25) is 0 Å². The summed E-state index contributed by atoms with van der Waals surface area (Å²) in [6.07, 6.45) is 4.83. The van der Waals surface area contributed by atoms with Crippen molar-refractivity contribution in [3.05, 3.63) is 17.6 Å². The molecule has 0 saturated heterocycles. The number of methoxy groups -OCH3 is 1. The number of hydrogen-bond donors (Lipinski definition) is 0. The summed E-state index contributed by atoms with van der Waals surface area (Å²) in [5, 5.41) is 0. The first-order valence-electron chi connectivity index (χ1n) is 5.17. The highest BCUT2D eigenvalue weighted by atomic mass is 79.9. The number of halogens is 1. The highest BCUT2D eigenvalue weighted by molar-refractivity contribution is 9.09. The van der Waals surface area contributed by atoms with Crippen molar-refractivity contribution in [3.63, 3.8) is 0 Å². The van der Waals surface area contributed by atoms with Crippen LogP contribution in [0, 0.1) is 6.92 Å². The van der Waals surface area contributed by atoms with E-state index in [1.54, 1.807) is 13.4 Å². The minimum Gasteiger partial charge on any atom is -0.481 e. The summed E-state index contributed by atoms with van der Waals surface area (Å²) in [5.74, 6) is 0.677. The van der Waals surface area contributed by atoms with Gasteiger partial charge in [0.15, 0.2) is 0 Å². The summed E-state index contributed by atoms with van der Waals surface area (Å²) in [5.41, 5.74) is 2.11. The van der Waals surface area contributed by atoms with Gasteiger partial charge in [0, 0.05) is 16.8 Å². The Hall–Kier alpha value is -0.640. The van der Waals surface area contributed by atoms with E-state index in [2.05, 4.69) is 32.8 Å². The molecule has 0 N–H and O–H groups in total. The Kier molecular flexibility index (Phi) is 5.02. The maximum atomic E-state index is 5.16. The number of hydrogen-bond acceptors (Lipinski definition) is 3. The zero-order valence-corrected chi connectivity index (χ0v) is 11.0. The summed E-state index contributed by atoms with van der Waals surface area (Å²) in [6, 6.07) is 0.